The summed E-state index contributed by atoms with van der Waals surface area (Å²) in [6.45, 7) is 5.80. The lowest BCUT2D eigenvalue weighted by Crippen LogP contribution is -2.60. The van der Waals surface area contributed by atoms with Crippen LogP contribution in [0, 0.1) is 12.8 Å². The molecule has 2 aliphatic carbocycles. The van der Waals surface area contributed by atoms with Crippen molar-refractivity contribution >= 4 is 27.2 Å². The molecular weight excluding hydrogens is 494 g/mol. The Morgan fingerprint density at radius 1 is 1.24 bits per heavy atom. The number of anilines is 1. The quantitative estimate of drug-likeness (QED) is 0.385. The van der Waals surface area contributed by atoms with Gasteiger partial charge in [-0.05, 0) is 47.9 Å². The number of Topliss-reactive ketones (excluding diaryl/α,β-unsaturated/α-hetero) is 1. The molecule has 4 atom stereocenters. The first-order valence-corrected chi connectivity index (χ1v) is 13.9. The molecule has 2 heterocycles. The summed E-state index contributed by atoms with van der Waals surface area (Å²) in [4.78, 5) is 30.4. The Morgan fingerprint density at radius 2 is 1.95 bits per heavy atom. The fourth-order valence-corrected chi connectivity index (χ4v) is 6.97. The largest absolute Gasteiger partial charge is 0.454 e. The zero-order valence-corrected chi connectivity index (χ0v) is 21.6. The third kappa shape index (κ3) is 2.85. The monoisotopic (exact) mass is 521 g/mol. The number of hydrogen-bond donors (Lipinski definition) is 4. The summed E-state index contributed by atoms with van der Waals surface area (Å²) in [6.07, 6.45) is 3.28. The lowest BCUT2D eigenvalue weighted by atomic mass is 9.81. The highest BCUT2D eigenvalue weighted by atomic mass is 32.2. The predicted octanol–water partition coefficient (Wildman–Crippen LogP) is 2.67. The molecule has 1 aromatic heterocycles. The number of rotatable bonds is 4. The Bertz CT molecular complexity index is 1660. The van der Waals surface area contributed by atoms with Crippen molar-refractivity contribution < 1.29 is 27.9 Å². The fourth-order valence-electron chi connectivity index (χ4n) is 6.04. The zero-order valence-electron chi connectivity index (χ0n) is 20.8. The SMILES string of the molecule is Cc1c(S(C)(=O)=O)c[nH]c1C(=O)NC12C(=O)c3c(N)cccc3C1(O)Oc1cc([C@]3(C)C[C@@H]3C)ccc12. The van der Waals surface area contributed by atoms with Gasteiger partial charge >= 0.3 is 0 Å². The number of ether oxygens (including phenoxy) is 1. The molecule has 0 radical (unpaired) electrons. The van der Waals surface area contributed by atoms with Gasteiger partial charge in [0.05, 0.1) is 10.5 Å². The molecule has 0 saturated heterocycles. The van der Waals surface area contributed by atoms with Gasteiger partial charge in [-0.3, -0.25) is 9.59 Å². The van der Waals surface area contributed by atoms with Crippen LogP contribution in [0.2, 0.25) is 0 Å². The van der Waals surface area contributed by atoms with Gasteiger partial charge in [-0.2, -0.15) is 0 Å². The van der Waals surface area contributed by atoms with Crippen molar-refractivity contribution in [3.8, 4) is 5.75 Å². The molecule has 192 valence electrons. The van der Waals surface area contributed by atoms with Crippen molar-refractivity contribution in [1.29, 1.82) is 0 Å². The lowest BCUT2D eigenvalue weighted by molar-refractivity contribution is -0.169. The van der Waals surface area contributed by atoms with Crippen LogP contribution in [0.3, 0.4) is 0 Å². The van der Waals surface area contributed by atoms with Crippen molar-refractivity contribution in [2.45, 2.75) is 48.8 Å². The molecule has 3 aliphatic rings. The second-order valence-electron chi connectivity index (χ2n) is 10.7. The van der Waals surface area contributed by atoms with E-state index in [1.165, 1.54) is 13.1 Å². The average molecular weight is 522 g/mol. The number of carbonyl (C=O) groups is 2. The number of aliphatic hydroxyl groups is 1. The Morgan fingerprint density at radius 3 is 2.57 bits per heavy atom. The van der Waals surface area contributed by atoms with Crippen LogP contribution in [0.4, 0.5) is 5.69 Å². The van der Waals surface area contributed by atoms with Gasteiger partial charge in [-0.15, -0.1) is 0 Å². The van der Waals surface area contributed by atoms with Gasteiger partial charge in [0.25, 0.3) is 11.7 Å². The van der Waals surface area contributed by atoms with E-state index in [9.17, 15) is 23.1 Å². The van der Waals surface area contributed by atoms with Crippen LogP contribution in [-0.4, -0.2) is 36.5 Å². The number of hydrogen-bond acceptors (Lipinski definition) is 7. The van der Waals surface area contributed by atoms with Gasteiger partial charge < -0.3 is 25.9 Å². The number of nitrogens with two attached hydrogens (primary N) is 1. The smallest absolute Gasteiger partial charge is 0.271 e. The highest BCUT2D eigenvalue weighted by Gasteiger charge is 2.72. The molecule has 1 saturated carbocycles. The fraction of sp³-hybridized carbons (Fsp3) is 0.333. The first-order valence-electron chi connectivity index (χ1n) is 12.0. The van der Waals surface area contributed by atoms with Gasteiger partial charge in [0.15, 0.2) is 9.84 Å². The molecular formula is C27H27N3O6S. The maximum atomic E-state index is 14.1. The van der Waals surface area contributed by atoms with Crippen molar-refractivity contribution in [3.63, 3.8) is 0 Å². The van der Waals surface area contributed by atoms with E-state index in [2.05, 4.69) is 24.1 Å². The van der Waals surface area contributed by atoms with Crippen molar-refractivity contribution in [3.05, 3.63) is 76.1 Å². The molecule has 9 nitrogen and oxygen atoms in total. The van der Waals surface area contributed by atoms with E-state index in [0.29, 0.717) is 17.2 Å². The molecule has 10 heteroatoms. The summed E-state index contributed by atoms with van der Waals surface area (Å²) in [5, 5.41) is 14.8. The van der Waals surface area contributed by atoms with E-state index < -0.39 is 32.9 Å². The number of aromatic amines is 1. The molecule has 1 amide bonds. The molecule has 2 unspecified atom stereocenters. The first-order chi connectivity index (χ1) is 17.3. The molecule has 6 rings (SSSR count). The number of benzene rings is 2. The van der Waals surface area contributed by atoms with Gasteiger partial charge in [0.1, 0.15) is 11.4 Å². The third-order valence-electron chi connectivity index (χ3n) is 8.52. The van der Waals surface area contributed by atoms with E-state index in [1.54, 1.807) is 24.3 Å². The number of nitrogens with one attached hydrogen (secondary N) is 2. The van der Waals surface area contributed by atoms with Crippen molar-refractivity contribution in [1.82, 2.24) is 10.3 Å². The summed E-state index contributed by atoms with van der Waals surface area (Å²) in [5.41, 5.74) is 5.93. The van der Waals surface area contributed by atoms with E-state index in [1.807, 2.05) is 12.1 Å². The van der Waals surface area contributed by atoms with Crippen LogP contribution in [0.1, 0.15) is 63.4 Å². The Balaban J connectivity index is 1.53. The van der Waals surface area contributed by atoms with E-state index in [-0.39, 0.29) is 38.4 Å². The number of fused-ring (bicyclic) bond motifs is 5. The number of ketones is 1. The standard InChI is InChI=1S/C27H27N3O6S/c1-13-11-25(13,3)15-8-9-16-19(10-15)36-27(33)17-6-5-7-18(28)21(17)23(31)26(16,27)30-24(32)22-14(2)20(12-29-22)37(4,34)35/h5-10,12-13,29,33H,11,28H2,1-4H3,(H,30,32)/t13-,25+,26?,27?/m0/s1. The minimum atomic E-state index is -3.60. The molecule has 0 bridgehead atoms. The lowest BCUT2D eigenvalue weighted by Gasteiger charge is -2.34. The molecule has 3 aromatic rings. The minimum Gasteiger partial charge on any atom is -0.454 e. The summed E-state index contributed by atoms with van der Waals surface area (Å²) in [5.74, 6) is -2.87. The van der Waals surface area contributed by atoms with Gasteiger partial charge in [-0.25, -0.2) is 8.42 Å². The first kappa shape index (κ1) is 23.7. The Hall–Kier alpha value is -3.63. The molecule has 1 aliphatic heterocycles. The van der Waals surface area contributed by atoms with Crippen molar-refractivity contribution in [2.75, 3.05) is 12.0 Å². The average Bonchev–Trinajstić information content (AvgIpc) is 3.09. The molecule has 5 N–H and O–H groups in total. The van der Waals surface area contributed by atoms with Crippen LogP contribution < -0.4 is 15.8 Å². The number of H-pyrrole nitrogens is 1. The van der Waals surface area contributed by atoms with Crippen LogP contribution in [0.5, 0.6) is 5.75 Å². The van der Waals surface area contributed by atoms with Gasteiger partial charge in [-0.1, -0.05) is 38.1 Å². The normalized spacial score (nSPS) is 29.3. The molecule has 37 heavy (non-hydrogen) atoms. The van der Waals surface area contributed by atoms with E-state index in [0.717, 1.165) is 18.2 Å². The maximum Gasteiger partial charge on any atom is 0.271 e. The second-order valence-corrected chi connectivity index (χ2v) is 12.7. The number of amides is 1. The van der Waals surface area contributed by atoms with Gasteiger partial charge in [0, 0.05) is 29.3 Å². The molecule has 0 spiro atoms. The number of carbonyl (C=O) groups excluding carboxylic acids is 2. The zero-order chi connectivity index (χ0) is 26.7. The molecule has 2 aromatic carbocycles. The third-order valence-corrected chi connectivity index (χ3v) is 9.74. The van der Waals surface area contributed by atoms with Crippen molar-refractivity contribution in [2.24, 2.45) is 5.92 Å². The highest BCUT2D eigenvalue weighted by molar-refractivity contribution is 7.90. The minimum absolute atomic E-state index is 0.0322. The van der Waals surface area contributed by atoms with Gasteiger partial charge in [0.2, 0.25) is 11.3 Å². The Kier molecular flexibility index (Phi) is 4.51. The second kappa shape index (κ2) is 7.02. The topological polar surface area (TPSA) is 152 Å². The van der Waals surface area contributed by atoms with Crippen LogP contribution >= 0.6 is 0 Å². The summed E-state index contributed by atoms with van der Waals surface area (Å²) >= 11 is 0. The number of aromatic nitrogens is 1. The van der Waals surface area contributed by atoms with Crippen LogP contribution in [0.15, 0.2) is 47.5 Å². The predicted molar refractivity (Wildman–Crippen MR) is 135 cm³/mol. The highest BCUT2D eigenvalue weighted by Crippen LogP contribution is 2.61. The maximum absolute atomic E-state index is 14.1. The van der Waals surface area contributed by atoms with Crippen LogP contribution in [0.25, 0.3) is 0 Å². The summed E-state index contributed by atoms with van der Waals surface area (Å²) < 4.78 is 30.4. The summed E-state index contributed by atoms with van der Waals surface area (Å²) in [6, 6.07) is 10.1. The van der Waals surface area contributed by atoms with E-state index in [4.69, 9.17) is 10.5 Å². The number of nitrogen functional groups attached to an aromatic ring is 1. The Labute approximate surface area is 213 Å². The number of sulfone groups is 1. The van der Waals surface area contributed by atoms with Crippen LogP contribution in [-0.2, 0) is 26.6 Å². The molecule has 1 fully saturated rings. The summed E-state index contributed by atoms with van der Waals surface area (Å²) in [7, 11) is -3.60. The van der Waals surface area contributed by atoms with E-state index >= 15 is 0 Å².